The minimum atomic E-state index is -0.132. The fraction of sp³-hybridized carbons (Fsp3) is 0.357. The Bertz CT molecular complexity index is 798. The van der Waals surface area contributed by atoms with Gasteiger partial charge in [0.05, 0.1) is 0 Å². The van der Waals surface area contributed by atoms with Crippen molar-refractivity contribution in [2.75, 3.05) is 5.32 Å². The van der Waals surface area contributed by atoms with Crippen molar-refractivity contribution < 1.29 is 4.42 Å². The molecular weight excluding hydrogens is 270 g/mol. The molecule has 0 fully saturated rings. The summed E-state index contributed by atoms with van der Waals surface area (Å²) in [7, 11) is 0. The van der Waals surface area contributed by atoms with Gasteiger partial charge in [-0.3, -0.25) is 4.57 Å². The Kier molecular flexibility index (Phi) is 2.77. The number of para-hydroxylation sites is 2. The summed E-state index contributed by atoms with van der Waals surface area (Å²) in [4.78, 5) is 16.0. The summed E-state index contributed by atoms with van der Waals surface area (Å²) in [5.74, 6) is 0.821. The number of aryl methyl sites for hydroxylation is 1. The summed E-state index contributed by atoms with van der Waals surface area (Å²) >= 11 is 0. The van der Waals surface area contributed by atoms with Crippen molar-refractivity contribution in [1.29, 1.82) is 0 Å². The number of aromatic amines is 1. The maximum absolute atomic E-state index is 11.6. The number of H-pyrrole nitrogens is 1. The Balaban J connectivity index is 1.52. The van der Waals surface area contributed by atoms with E-state index in [9.17, 15) is 4.79 Å². The number of oxazole rings is 1. The van der Waals surface area contributed by atoms with Crippen molar-refractivity contribution in [3.8, 4) is 0 Å². The standard InChI is InChI=1S/C14H15N5O2/c20-14-18-17-12-6-5-9(7-8-19(12)14)15-13-16-10-3-1-2-4-11(10)21-13/h1-4,9H,5-8H2,(H,15,16)(H,18,20). The minimum absolute atomic E-state index is 0.132. The van der Waals surface area contributed by atoms with Gasteiger partial charge in [-0.05, 0) is 25.0 Å². The second-order valence-corrected chi connectivity index (χ2v) is 5.25. The van der Waals surface area contributed by atoms with Gasteiger partial charge in [0.15, 0.2) is 5.58 Å². The first-order valence-electron chi connectivity index (χ1n) is 7.06. The van der Waals surface area contributed by atoms with Crippen LogP contribution in [0.15, 0.2) is 33.5 Å². The van der Waals surface area contributed by atoms with Crippen LogP contribution in [0.1, 0.15) is 18.7 Å². The van der Waals surface area contributed by atoms with Gasteiger partial charge in [0.1, 0.15) is 11.3 Å². The van der Waals surface area contributed by atoms with Gasteiger partial charge in [0.25, 0.3) is 6.01 Å². The predicted octanol–water partition coefficient (Wildman–Crippen LogP) is 1.53. The van der Waals surface area contributed by atoms with Gasteiger partial charge in [0.2, 0.25) is 0 Å². The molecule has 0 saturated carbocycles. The van der Waals surface area contributed by atoms with E-state index in [1.54, 1.807) is 4.57 Å². The van der Waals surface area contributed by atoms with Crippen molar-refractivity contribution in [2.24, 2.45) is 0 Å². The lowest BCUT2D eigenvalue weighted by Crippen LogP contribution is -2.22. The predicted molar refractivity (Wildman–Crippen MR) is 77.2 cm³/mol. The summed E-state index contributed by atoms with van der Waals surface area (Å²) in [6.45, 7) is 0.655. The monoisotopic (exact) mass is 285 g/mol. The molecule has 2 N–H and O–H groups in total. The third-order valence-electron chi connectivity index (χ3n) is 3.88. The highest BCUT2D eigenvalue weighted by molar-refractivity contribution is 5.74. The van der Waals surface area contributed by atoms with Gasteiger partial charge >= 0.3 is 5.69 Å². The van der Waals surface area contributed by atoms with Gasteiger partial charge in [-0.25, -0.2) is 9.89 Å². The van der Waals surface area contributed by atoms with E-state index < -0.39 is 0 Å². The van der Waals surface area contributed by atoms with Crippen LogP contribution in [0, 0.1) is 0 Å². The lowest BCUT2D eigenvalue weighted by atomic mass is 10.1. The van der Waals surface area contributed by atoms with Crippen LogP contribution in [0.2, 0.25) is 0 Å². The third kappa shape index (κ3) is 2.20. The molecule has 2 aromatic heterocycles. The summed E-state index contributed by atoms with van der Waals surface area (Å²) in [6, 6.07) is 8.44. The van der Waals surface area contributed by atoms with Crippen LogP contribution in [0.5, 0.6) is 0 Å². The van der Waals surface area contributed by atoms with E-state index in [0.717, 1.165) is 36.2 Å². The molecule has 0 radical (unpaired) electrons. The van der Waals surface area contributed by atoms with E-state index in [1.165, 1.54) is 0 Å². The lowest BCUT2D eigenvalue weighted by molar-refractivity contribution is 0.540. The minimum Gasteiger partial charge on any atom is -0.424 e. The van der Waals surface area contributed by atoms with Crippen molar-refractivity contribution in [3.05, 3.63) is 40.6 Å². The van der Waals surface area contributed by atoms with Crippen LogP contribution in [-0.4, -0.2) is 25.8 Å². The third-order valence-corrected chi connectivity index (χ3v) is 3.88. The number of nitrogens with zero attached hydrogens (tertiary/aromatic N) is 3. The average Bonchev–Trinajstić information content (AvgIpc) is 2.98. The van der Waals surface area contributed by atoms with Crippen LogP contribution in [-0.2, 0) is 13.0 Å². The molecule has 3 aromatic rings. The Morgan fingerprint density at radius 2 is 2.24 bits per heavy atom. The van der Waals surface area contributed by atoms with Crippen LogP contribution in [0.4, 0.5) is 6.01 Å². The molecule has 7 heteroatoms. The zero-order valence-electron chi connectivity index (χ0n) is 11.4. The summed E-state index contributed by atoms with van der Waals surface area (Å²) < 4.78 is 7.38. The largest absolute Gasteiger partial charge is 0.424 e. The second-order valence-electron chi connectivity index (χ2n) is 5.25. The molecular formula is C14H15N5O2. The fourth-order valence-electron chi connectivity index (χ4n) is 2.76. The molecule has 0 spiro atoms. The number of rotatable bonds is 2. The number of hydrogen-bond acceptors (Lipinski definition) is 5. The molecule has 1 aliphatic heterocycles. The van der Waals surface area contributed by atoms with Crippen molar-refractivity contribution >= 4 is 17.1 Å². The van der Waals surface area contributed by atoms with E-state index in [4.69, 9.17) is 4.42 Å². The van der Waals surface area contributed by atoms with Gasteiger partial charge in [-0.15, -0.1) is 0 Å². The first-order valence-corrected chi connectivity index (χ1v) is 7.06. The van der Waals surface area contributed by atoms with Gasteiger partial charge in [-0.1, -0.05) is 12.1 Å². The highest BCUT2D eigenvalue weighted by atomic mass is 16.4. The molecule has 0 amide bonds. The molecule has 1 aliphatic rings. The summed E-state index contributed by atoms with van der Waals surface area (Å²) in [5, 5.41) is 9.87. The number of aromatic nitrogens is 4. The molecule has 0 aliphatic carbocycles. The molecule has 1 aromatic carbocycles. The molecule has 1 atom stereocenters. The van der Waals surface area contributed by atoms with Crippen molar-refractivity contribution in [1.82, 2.24) is 19.7 Å². The zero-order valence-corrected chi connectivity index (χ0v) is 11.4. The SMILES string of the molecule is O=c1[nH]nc2n1CCC(Nc1nc3ccccc3o1)CC2. The quantitative estimate of drug-likeness (QED) is 0.745. The molecule has 1 unspecified atom stereocenters. The van der Waals surface area contributed by atoms with Crippen LogP contribution >= 0.6 is 0 Å². The lowest BCUT2D eigenvalue weighted by Gasteiger charge is -2.13. The van der Waals surface area contributed by atoms with E-state index >= 15 is 0 Å². The van der Waals surface area contributed by atoms with Crippen LogP contribution < -0.4 is 11.0 Å². The number of fused-ring (bicyclic) bond motifs is 2. The van der Waals surface area contributed by atoms with Crippen LogP contribution in [0.3, 0.4) is 0 Å². The number of nitrogens with one attached hydrogen (secondary N) is 2. The summed E-state index contributed by atoms with van der Waals surface area (Å²) in [6.07, 6.45) is 2.49. The van der Waals surface area contributed by atoms with Gasteiger partial charge in [0, 0.05) is 19.0 Å². The first-order chi connectivity index (χ1) is 10.3. The smallest absolute Gasteiger partial charge is 0.343 e. The second kappa shape index (κ2) is 4.76. The van der Waals surface area contributed by atoms with Crippen molar-refractivity contribution in [3.63, 3.8) is 0 Å². The van der Waals surface area contributed by atoms with E-state index in [0.29, 0.717) is 12.6 Å². The normalized spacial score (nSPS) is 18.4. The fourth-order valence-corrected chi connectivity index (χ4v) is 2.76. The van der Waals surface area contributed by atoms with Crippen LogP contribution in [0.25, 0.3) is 11.1 Å². The highest BCUT2D eigenvalue weighted by Crippen LogP contribution is 2.21. The Labute approximate surface area is 120 Å². The molecule has 0 saturated heterocycles. The molecule has 0 bridgehead atoms. The number of anilines is 1. The topological polar surface area (TPSA) is 88.7 Å². The Morgan fingerprint density at radius 1 is 1.33 bits per heavy atom. The number of hydrogen-bond donors (Lipinski definition) is 2. The molecule has 21 heavy (non-hydrogen) atoms. The first kappa shape index (κ1) is 12.2. The van der Waals surface area contributed by atoms with Gasteiger partial charge in [-0.2, -0.15) is 10.1 Å². The van der Waals surface area contributed by atoms with E-state index in [-0.39, 0.29) is 11.7 Å². The zero-order chi connectivity index (χ0) is 14.2. The van der Waals surface area contributed by atoms with Crippen molar-refractivity contribution in [2.45, 2.75) is 31.8 Å². The Hall–Kier alpha value is -2.57. The maximum Gasteiger partial charge on any atom is 0.343 e. The summed E-state index contributed by atoms with van der Waals surface area (Å²) in [5.41, 5.74) is 1.49. The molecule has 7 nitrogen and oxygen atoms in total. The Morgan fingerprint density at radius 3 is 3.14 bits per heavy atom. The van der Waals surface area contributed by atoms with E-state index in [1.807, 2.05) is 24.3 Å². The van der Waals surface area contributed by atoms with Gasteiger partial charge < -0.3 is 9.73 Å². The molecule has 3 heterocycles. The number of benzene rings is 1. The molecule has 108 valence electrons. The maximum atomic E-state index is 11.6. The van der Waals surface area contributed by atoms with E-state index in [2.05, 4.69) is 20.5 Å². The highest BCUT2D eigenvalue weighted by Gasteiger charge is 2.20. The average molecular weight is 285 g/mol. The molecule has 4 rings (SSSR count).